The van der Waals surface area contributed by atoms with Crippen molar-refractivity contribution in [2.75, 3.05) is 27.2 Å². The monoisotopic (exact) mass is 287 g/mol. The standard InChI is InChI=1S/C17H25N3O/c1-19(2)15-7-8-17(14-6-4-3-5-13(14)15)9-11-20(12-10-17)16(18)21/h3-6,15H,7-12H2,1-2H3,(H2,18,21)/t15-/m0/s1. The minimum Gasteiger partial charge on any atom is -0.351 e. The Balaban J connectivity index is 1.92. The SMILES string of the molecule is CN(C)[C@H]1CCC2(CCN(C(N)=O)CC2)c2ccccc21. The van der Waals surface area contributed by atoms with E-state index in [2.05, 4.69) is 43.3 Å². The van der Waals surface area contributed by atoms with Crippen molar-refractivity contribution in [3.05, 3.63) is 35.4 Å². The molecule has 0 aromatic heterocycles. The average molecular weight is 287 g/mol. The van der Waals surface area contributed by atoms with Crippen molar-refractivity contribution < 1.29 is 4.79 Å². The Kier molecular flexibility index (Phi) is 3.66. The molecule has 0 saturated carbocycles. The van der Waals surface area contributed by atoms with Gasteiger partial charge in [0.1, 0.15) is 0 Å². The fourth-order valence-corrected chi connectivity index (χ4v) is 4.18. The maximum atomic E-state index is 11.4. The van der Waals surface area contributed by atoms with Gasteiger partial charge in [-0.15, -0.1) is 0 Å². The summed E-state index contributed by atoms with van der Waals surface area (Å²) >= 11 is 0. The van der Waals surface area contributed by atoms with Crippen molar-refractivity contribution in [3.63, 3.8) is 0 Å². The van der Waals surface area contributed by atoms with E-state index in [0.29, 0.717) is 6.04 Å². The predicted molar refractivity (Wildman–Crippen MR) is 84.2 cm³/mol. The summed E-state index contributed by atoms with van der Waals surface area (Å²) < 4.78 is 0. The number of hydrogen-bond acceptors (Lipinski definition) is 2. The molecule has 21 heavy (non-hydrogen) atoms. The number of nitrogens with two attached hydrogens (primary N) is 1. The molecule has 1 aliphatic carbocycles. The summed E-state index contributed by atoms with van der Waals surface area (Å²) in [6.07, 6.45) is 4.47. The van der Waals surface area contributed by atoms with Crippen molar-refractivity contribution in [2.24, 2.45) is 5.73 Å². The normalized spacial score (nSPS) is 24.1. The van der Waals surface area contributed by atoms with Gasteiger partial charge in [-0.3, -0.25) is 0 Å². The molecule has 2 aliphatic rings. The maximum Gasteiger partial charge on any atom is 0.314 e. The number of benzene rings is 1. The number of piperidine rings is 1. The highest BCUT2D eigenvalue weighted by Crippen LogP contribution is 2.48. The highest BCUT2D eigenvalue weighted by atomic mass is 16.2. The van der Waals surface area contributed by atoms with Crippen LogP contribution in [0.25, 0.3) is 0 Å². The van der Waals surface area contributed by atoms with E-state index < -0.39 is 0 Å². The Morgan fingerprint density at radius 2 is 1.90 bits per heavy atom. The molecule has 0 unspecified atom stereocenters. The topological polar surface area (TPSA) is 49.6 Å². The van der Waals surface area contributed by atoms with E-state index in [1.807, 2.05) is 0 Å². The number of nitrogens with zero attached hydrogens (tertiary/aromatic N) is 2. The molecule has 2 N–H and O–H groups in total. The van der Waals surface area contributed by atoms with Crippen molar-refractivity contribution in [3.8, 4) is 0 Å². The van der Waals surface area contributed by atoms with E-state index in [1.165, 1.54) is 24.0 Å². The summed E-state index contributed by atoms with van der Waals surface area (Å²) in [5, 5.41) is 0. The molecule has 1 aromatic carbocycles. The van der Waals surface area contributed by atoms with Crippen LogP contribution in [0.15, 0.2) is 24.3 Å². The number of rotatable bonds is 1. The molecule has 1 spiro atoms. The van der Waals surface area contributed by atoms with Gasteiger partial charge in [-0.1, -0.05) is 24.3 Å². The van der Waals surface area contributed by atoms with E-state index in [1.54, 1.807) is 4.90 Å². The van der Waals surface area contributed by atoms with Crippen molar-refractivity contribution in [1.82, 2.24) is 9.80 Å². The van der Waals surface area contributed by atoms with Crippen molar-refractivity contribution in [2.45, 2.75) is 37.1 Å². The largest absolute Gasteiger partial charge is 0.351 e. The number of likely N-dealkylation sites (tertiary alicyclic amines) is 1. The minimum absolute atomic E-state index is 0.245. The van der Waals surface area contributed by atoms with Crippen LogP contribution in [0.1, 0.15) is 42.9 Å². The number of primary amides is 1. The summed E-state index contributed by atoms with van der Waals surface area (Å²) in [4.78, 5) is 15.5. The van der Waals surface area contributed by atoms with Gasteiger partial charge in [0.2, 0.25) is 0 Å². The number of hydrogen-bond donors (Lipinski definition) is 1. The van der Waals surface area contributed by atoms with Gasteiger partial charge in [-0.2, -0.15) is 0 Å². The zero-order valence-corrected chi connectivity index (χ0v) is 13.0. The molecule has 0 bridgehead atoms. The van der Waals surface area contributed by atoms with Crippen LogP contribution in [-0.4, -0.2) is 43.0 Å². The van der Waals surface area contributed by atoms with E-state index in [4.69, 9.17) is 5.73 Å². The number of urea groups is 1. The lowest BCUT2D eigenvalue weighted by molar-refractivity contribution is 0.139. The summed E-state index contributed by atoms with van der Waals surface area (Å²) in [6, 6.07) is 9.11. The van der Waals surface area contributed by atoms with Crippen molar-refractivity contribution >= 4 is 6.03 Å². The molecule has 2 amide bonds. The summed E-state index contributed by atoms with van der Waals surface area (Å²) in [5.41, 5.74) is 8.64. The lowest BCUT2D eigenvalue weighted by Crippen LogP contribution is -2.49. The lowest BCUT2D eigenvalue weighted by Gasteiger charge is -2.48. The zero-order chi connectivity index (χ0) is 15.0. The highest BCUT2D eigenvalue weighted by Gasteiger charge is 2.42. The fraction of sp³-hybridized carbons (Fsp3) is 0.588. The number of amides is 2. The second kappa shape index (κ2) is 5.34. The van der Waals surface area contributed by atoms with E-state index in [0.717, 1.165) is 25.9 Å². The molecule has 1 aromatic rings. The molecule has 1 heterocycles. The van der Waals surface area contributed by atoms with Gasteiger partial charge < -0.3 is 15.5 Å². The van der Waals surface area contributed by atoms with E-state index in [-0.39, 0.29) is 11.4 Å². The Morgan fingerprint density at radius 1 is 1.24 bits per heavy atom. The van der Waals surface area contributed by atoms with Gasteiger partial charge in [0.25, 0.3) is 0 Å². The summed E-state index contributed by atoms with van der Waals surface area (Å²) in [7, 11) is 4.32. The zero-order valence-electron chi connectivity index (χ0n) is 13.0. The molecular weight excluding hydrogens is 262 g/mol. The summed E-state index contributed by atoms with van der Waals surface area (Å²) in [5.74, 6) is 0. The van der Waals surface area contributed by atoms with Gasteiger partial charge in [-0.05, 0) is 56.3 Å². The third-order valence-corrected chi connectivity index (χ3v) is 5.44. The molecule has 1 saturated heterocycles. The quantitative estimate of drug-likeness (QED) is 0.862. The number of carbonyl (C=O) groups excluding carboxylic acids is 1. The highest BCUT2D eigenvalue weighted by molar-refractivity contribution is 5.72. The molecule has 1 fully saturated rings. The summed E-state index contributed by atoms with van der Waals surface area (Å²) in [6.45, 7) is 1.58. The minimum atomic E-state index is -0.278. The molecule has 114 valence electrons. The van der Waals surface area contributed by atoms with Gasteiger partial charge in [-0.25, -0.2) is 4.79 Å². The first-order valence-corrected chi connectivity index (χ1v) is 7.84. The predicted octanol–water partition coefficient (Wildman–Crippen LogP) is 2.50. The Hall–Kier alpha value is -1.55. The molecule has 3 rings (SSSR count). The lowest BCUT2D eigenvalue weighted by atomic mass is 9.63. The Morgan fingerprint density at radius 3 is 2.52 bits per heavy atom. The van der Waals surface area contributed by atoms with Crippen LogP contribution < -0.4 is 5.73 Å². The van der Waals surface area contributed by atoms with E-state index >= 15 is 0 Å². The fourth-order valence-electron chi connectivity index (χ4n) is 4.18. The second-order valence-electron chi connectivity index (χ2n) is 6.71. The van der Waals surface area contributed by atoms with Crippen LogP contribution in [0, 0.1) is 0 Å². The Bertz CT molecular complexity index is 533. The number of fused-ring (bicyclic) bond motifs is 2. The first-order valence-electron chi connectivity index (χ1n) is 7.84. The van der Waals surface area contributed by atoms with Crippen LogP contribution >= 0.6 is 0 Å². The van der Waals surface area contributed by atoms with Gasteiger partial charge in [0, 0.05) is 19.1 Å². The smallest absolute Gasteiger partial charge is 0.314 e. The molecule has 4 nitrogen and oxygen atoms in total. The first kappa shape index (κ1) is 14.4. The average Bonchev–Trinajstić information content (AvgIpc) is 2.48. The Labute approximate surface area is 126 Å². The molecule has 4 heteroatoms. The van der Waals surface area contributed by atoms with Gasteiger partial charge >= 0.3 is 6.03 Å². The first-order chi connectivity index (χ1) is 10.0. The number of carbonyl (C=O) groups is 1. The van der Waals surface area contributed by atoms with Crippen LogP contribution in [0.3, 0.4) is 0 Å². The molecule has 1 atom stereocenters. The van der Waals surface area contributed by atoms with Gasteiger partial charge in [0.15, 0.2) is 0 Å². The van der Waals surface area contributed by atoms with Crippen LogP contribution in [0.4, 0.5) is 4.79 Å². The van der Waals surface area contributed by atoms with Crippen LogP contribution in [0.2, 0.25) is 0 Å². The molecular formula is C17H25N3O. The van der Waals surface area contributed by atoms with Crippen molar-refractivity contribution in [1.29, 1.82) is 0 Å². The molecule has 0 radical (unpaired) electrons. The second-order valence-corrected chi connectivity index (χ2v) is 6.71. The van der Waals surface area contributed by atoms with Crippen LogP contribution in [0.5, 0.6) is 0 Å². The third kappa shape index (κ3) is 2.42. The maximum absolute atomic E-state index is 11.4. The third-order valence-electron chi connectivity index (χ3n) is 5.44. The molecule has 1 aliphatic heterocycles. The van der Waals surface area contributed by atoms with Crippen LogP contribution in [-0.2, 0) is 5.41 Å². The van der Waals surface area contributed by atoms with E-state index in [9.17, 15) is 4.79 Å². The van der Waals surface area contributed by atoms with Gasteiger partial charge in [0.05, 0.1) is 0 Å².